The Morgan fingerprint density at radius 1 is 1.06 bits per heavy atom. The van der Waals surface area contributed by atoms with Gasteiger partial charge < -0.3 is 14.9 Å². The van der Waals surface area contributed by atoms with Crippen molar-refractivity contribution in [2.75, 3.05) is 6.54 Å². The highest BCUT2D eigenvalue weighted by Gasteiger charge is 2.39. The van der Waals surface area contributed by atoms with Crippen LogP contribution in [-0.4, -0.2) is 51.6 Å². The molecule has 0 unspecified atom stereocenters. The van der Waals surface area contributed by atoms with Crippen molar-refractivity contribution in [3.63, 3.8) is 0 Å². The van der Waals surface area contributed by atoms with Crippen LogP contribution in [0.2, 0.25) is 0 Å². The largest absolute Gasteiger partial charge is 0.480 e. The van der Waals surface area contributed by atoms with Crippen LogP contribution in [-0.2, 0) is 4.79 Å². The van der Waals surface area contributed by atoms with E-state index in [1.54, 1.807) is 4.90 Å². The van der Waals surface area contributed by atoms with Crippen LogP contribution < -0.4 is 0 Å². The van der Waals surface area contributed by atoms with E-state index in [1.165, 1.54) is 0 Å². The molecule has 2 aliphatic heterocycles. The number of likely N-dealkylation sites (tertiary alicyclic amines) is 2. The summed E-state index contributed by atoms with van der Waals surface area (Å²) in [5.74, 6) is -0.877. The minimum Gasteiger partial charge on any atom is -0.480 e. The van der Waals surface area contributed by atoms with Crippen molar-refractivity contribution >= 4 is 12.0 Å². The second-order valence-corrected chi connectivity index (χ2v) is 5.51. The summed E-state index contributed by atoms with van der Waals surface area (Å²) in [5, 5.41) is 9.15. The number of hydrogen-bond acceptors (Lipinski definition) is 2. The monoisotopic (exact) mass is 254 g/mol. The smallest absolute Gasteiger partial charge is 0.326 e. The Labute approximate surface area is 108 Å². The summed E-state index contributed by atoms with van der Waals surface area (Å²) in [7, 11) is 0. The number of carboxylic acid groups (broad SMARTS) is 1. The van der Waals surface area contributed by atoms with E-state index < -0.39 is 12.0 Å². The van der Waals surface area contributed by atoms with E-state index in [4.69, 9.17) is 5.11 Å². The van der Waals surface area contributed by atoms with Gasteiger partial charge in [-0.25, -0.2) is 9.59 Å². The number of hydrogen-bond donors (Lipinski definition) is 1. The van der Waals surface area contributed by atoms with Gasteiger partial charge >= 0.3 is 12.0 Å². The van der Waals surface area contributed by atoms with E-state index in [2.05, 4.69) is 13.8 Å². The molecule has 2 aliphatic rings. The molecule has 0 spiro atoms. The van der Waals surface area contributed by atoms with Gasteiger partial charge in [-0.05, 0) is 46.0 Å². The number of nitrogens with zero attached hydrogens (tertiary/aromatic N) is 2. The summed E-state index contributed by atoms with van der Waals surface area (Å²) < 4.78 is 0. The third kappa shape index (κ3) is 2.31. The lowest BCUT2D eigenvalue weighted by Gasteiger charge is -2.41. The molecular weight excluding hydrogens is 232 g/mol. The van der Waals surface area contributed by atoms with Crippen molar-refractivity contribution in [3.05, 3.63) is 0 Å². The normalized spacial score (nSPS) is 32.7. The number of amides is 2. The second-order valence-electron chi connectivity index (χ2n) is 5.51. The lowest BCUT2D eigenvalue weighted by atomic mass is 9.98. The van der Waals surface area contributed by atoms with Gasteiger partial charge in [-0.1, -0.05) is 0 Å². The summed E-state index contributed by atoms with van der Waals surface area (Å²) in [4.78, 5) is 27.1. The molecule has 1 N–H and O–H groups in total. The van der Waals surface area contributed by atoms with E-state index >= 15 is 0 Å². The molecule has 0 radical (unpaired) electrons. The van der Waals surface area contributed by atoms with Crippen LogP contribution in [0.5, 0.6) is 0 Å². The summed E-state index contributed by atoms with van der Waals surface area (Å²) >= 11 is 0. The summed E-state index contributed by atoms with van der Waals surface area (Å²) in [6.07, 6.45) is 4.55. The lowest BCUT2D eigenvalue weighted by Crippen LogP contribution is -2.55. The van der Waals surface area contributed by atoms with E-state index in [-0.39, 0.29) is 18.1 Å². The maximum atomic E-state index is 12.5. The van der Waals surface area contributed by atoms with Crippen LogP contribution in [0.1, 0.15) is 46.0 Å². The van der Waals surface area contributed by atoms with E-state index in [1.807, 2.05) is 4.90 Å². The zero-order chi connectivity index (χ0) is 13.3. The second kappa shape index (κ2) is 5.16. The van der Waals surface area contributed by atoms with Gasteiger partial charge in [0.15, 0.2) is 0 Å². The number of piperidine rings is 1. The summed E-state index contributed by atoms with van der Waals surface area (Å²) in [6, 6.07) is -0.272. The van der Waals surface area contributed by atoms with Gasteiger partial charge in [0.25, 0.3) is 0 Å². The highest BCUT2D eigenvalue weighted by atomic mass is 16.4. The van der Waals surface area contributed by atoms with Gasteiger partial charge in [0, 0.05) is 18.6 Å². The fourth-order valence-electron chi connectivity index (χ4n) is 3.20. The van der Waals surface area contributed by atoms with Crippen LogP contribution >= 0.6 is 0 Å². The number of carbonyl (C=O) groups is 2. The Morgan fingerprint density at radius 3 is 2.22 bits per heavy atom. The lowest BCUT2D eigenvalue weighted by molar-refractivity contribution is -0.141. The van der Waals surface area contributed by atoms with Crippen LogP contribution in [0.3, 0.4) is 0 Å². The molecule has 0 aromatic heterocycles. The molecule has 0 aromatic rings. The molecule has 102 valence electrons. The van der Waals surface area contributed by atoms with Crippen molar-refractivity contribution in [2.24, 2.45) is 0 Å². The van der Waals surface area contributed by atoms with Crippen LogP contribution in [0, 0.1) is 0 Å². The first-order valence-electron chi connectivity index (χ1n) is 6.84. The van der Waals surface area contributed by atoms with E-state index in [0.29, 0.717) is 13.0 Å². The molecule has 5 nitrogen and oxygen atoms in total. The van der Waals surface area contributed by atoms with E-state index in [0.717, 1.165) is 25.7 Å². The van der Waals surface area contributed by atoms with Crippen LogP contribution in [0.25, 0.3) is 0 Å². The first kappa shape index (κ1) is 13.2. The average Bonchev–Trinajstić information content (AvgIpc) is 2.77. The van der Waals surface area contributed by atoms with Gasteiger partial charge in [-0.15, -0.1) is 0 Å². The number of urea groups is 1. The van der Waals surface area contributed by atoms with Gasteiger partial charge in [0.05, 0.1) is 0 Å². The van der Waals surface area contributed by atoms with Crippen molar-refractivity contribution in [2.45, 2.75) is 64.1 Å². The zero-order valence-electron chi connectivity index (χ0n) is 11.1. The highest BCUT2D eigenvalue weighted by Crippen LogP contribution is 2.27. The van der Waals surface area contributed by atoms with Crippen molar-refractivity contribution in [1.29, 1.82) is 0 Å². The van der Waals surface area contributed by atoms with Gasteiger partial charge in [0.2, 0.25) is 0 Å². The molecular formula is C13H22N2O3. The Bertz CT molecular complexity index is 335. The molecule has 2 fully saturated rings. The maximum Gasteiger partial charge on any atom is 0.326 e. The predicted octanol–water partition coefficient (Wildman–Crippen LogP) is 1.92. The maximum absolute atomic E-state index is 12.5. The molecule has 18 heavy (non-hydrogen) atoms. The van der Waals surface area contributed by atoms with Crippen LogP contribution in [0.15, 0.2) is 0 Å². The molecule has 5 heteroatoms. The molecule has 0 aromatic carbocycles. The molecule has 2 heterocycles. The van der Waals surface area contributed by atoms with Crippen molar-refractivity contribution in [1.82, 2.24) is 9.80 Å². The quantitative estimate of drug-likeness (QED) is 0.777. The molecule has 0 bridgehead atoms. The SMILES string of the molecule is C[C@@H]1CCC[C@H](C)N1C(=O)N1CCC[C@@H]1C(=O)O. The minimum absolute atomic E-state index is 0.0837. The van der Waals surface area contributed by atoms with Crippen molar-refractivity contribution in [3.8, 4) is 0 Å². The molecule has 3 atom stereocenters. The highest BCUT2D eigenvalue weighted by molar-refractivity contribution is 5.83. The van der Waals surface area contributed by atoms with Crippen LogP contribution in [0.4, 0.5) is 4.79 Å². The predicted molar refractivity (Wildman–Crippen MR) is 67.4 cm³/mol. The fourth-order valence-corrected chi connectivity index (χ4v) is 3.20. The minimum atomic E-state index is -0.877. The molecule has 2 rings (SSSR count). The molecule has 0 saturated carbocycles. The number of carboxylic acids is 1. The third-order valence-corrected chi connectivity index (χ3v) is 4.20. The van der Waals surface area contributed by atoms with Gasteiger partial charge in [-0.2, -0.15) is 0 Å². The van der Waals surface area contributed by atoms with Gasteiger partial charge in [-0.3, -0.25) is 0 Å². The molecule has 2 saturated heterocycles. The first-order chi connectivity index (χ1) is 8.52. The number of rotatable bonds is 1. The Balaban J connectivity index is 2.12. The van der Waals surface area contributed by atoms with Crippen molar-refractivity contribution < 1.29 is 14.7 Å². The number of aliphatic carboxylic acids is 1. The Kier molecular flexibility index (Phi) is 3.78. The third-order valence-electron chi connectivity index (χ3n) is 4.20. The van der Waals surface area contributed by atoms with Gasteiger partial charge in [0.1, 0.15) is 6.04 Å². The molecule has 0 aliphatic carbocycles. The first-order valence-corrected chi connectivity index (χ1v) is 6.84. The van der Waals surface area contributed by atoms with E-state index in [9.17, 15) is 9.59 Å². The Hall–Kier alpha value is -1.26. The zero-order valence-corrected chi connectivity index (χ0v) is 11.1. The molecule has 2 amide bonds. The number of carbonyl (C=O) groups excluding carboxylic acids is 1. The fraction of sp³-hybridized carbons (Fsp3) is 0.846. The Morgan fingerprint density at radius 2 is 1.67 bits per heavy atom. The summed E-state index contributed by atoms with van der Waals surface area (Å²) in [5.41, 5.74) is 0. The standard InChI is InChI=1S/C13H22N2O3/c1-9-5-3-6-10(2)15(9)13(18)14-8-4-7-11(14)12(16)17/h9-11H,3-8H2,1-2H3,(H,16,17)/t9-,10+,11-/m1/s1. The average molecular weight is 254 g/mol. The topological polar surface area (TPSA) is 60.9 Å². The summed E-state index contributed by atoms with van der Waals surface area (Å²) in [6.45, 7) is 4.69.